The van der Waals surface area contributed by atoms with Gasteiger partial charge in [0.1, 0.15) is 53.4 Å². The van der Waals surface area contributed by atoms with E-state index in [4.69, 9.17) is 9.72 Å². The first-order chi connectivity index (χ1) is 31.8. The van der Waals surface area contributed by atoms with E-state index in [9.17, 15) is 17.3 Å². The molecule has 0 unspecified atom stereocenters. The maximum Gasteiger partial charge on any atom is 1.00 e. The third kappa shape index (κ3) is 12.2. The van der Waals surface area contributed by atoms with Crippen LogP contribution in [-0.4, -0.2) is 21.8 Å². The van der Waals surface area contributed by atoms with E-state index >= 15 is 0 Å². The van der Waals surface area contributed by atoms with Crippen molar-refractivity contribution >= 4 is 66.0 Å². The van der Waals surface area contributed by atoms with Gasteiger partial charge in [0.15, 0.2) is 17.3 Å². The molecule has 2 aromatic heterocycles. The first-order valence-corrected chi connectivity index (χ1v) is 24.0. The largest absolute Gasteiger partial charge is 1.00 e. The van der Waals surface area contributed by atoms with Crippen LogP contribution in [-0.2, 0) is 17.1 Å². The molecule has 0 aliphatic heterocycles. The molecule has 66 heavy (non-hydrogen) atoms. The van der Waals surface area contributed by atoms with Gasteiger partial charge in [0.25, 0.3) is 0 Å². The Morgan fingerprint density at radius 1 is 0.409 bits per heavy atom. The van der Waals surface area contributed by atoms with Gasteiger partial charge in [-0.2, -0.15) is 0 Å². The van der Waals surface area contributed by atoms with Gasteiger partial charge in [-0.05, 0) is 109 Å². The Morgan fingerprint density at radius 3 is 1.20 bits per heavy atom. The fourth-order valence-corrected chi connectivity index (χ4v) is 12.8. The Bertz CT molecular complexity index is 2820. The van der Waals surface area contributed by atoms with Crippen molar-refractivity contribution in [1.29, 1.82) is 0 Å². The molecule has 2 heterocycles. The third-order valence-corrected chi connectivity index (χ3v) is 15.8. The quantitative estimate of drug-likeness (QED) is 0.0779. The second kappa shape index (κ2) is 23.0. The molecule has 0 saturated carbocycles. The van der Waals surface area contributed by atoms with Crippen molar-refractivity contribution in [1.82, 2.24) is 14.5 Å². The molecule has 0 amide bonds. The van der Waals surface area contributed by atoms with Crippen LogP contribution >= 0.6 is 15.8 Å². The number of hydrogen-bond donors (Lipinski definition) is 0. The van der Waals surface area contributed by atoms with Crippen molar-refractivity contribution in [2.45, 2.75) is 0 Å². The normalized spacial score (nSPS) is 10.9. The number of hydrogen-bond acceptors (Lipinski definition) is 3. The van der Waals surface area contributed by atoms with E-state index in [0.717, 1.165) is 39.7 Å². The molecule has 0 spiro atoms. The number of para-hydroxylation sites is 5. The van der Waals surface area contributed by atoms with Gasteiger partial charge in [0, 0.05) is 11.9 Å². The zero-order chi connectivity index (χ0) is 44.9. The van der Waals surface area contributed by atoms with Crippen LogP contribution in [0.2, 0.25) is 0 Å². The van der Waals surface area contributed by atoms with Crippen LogP contribution in [0.15, 0.2) is 249 Å². The summed E-state index contributed by atoms with van der Waals surface area (Å²) in [4.78, 5) is 9.21. The molecule has 0 aliphatic rings. The number of rotatable bonds is 10. The number of nitrogens with zero attached hydrogens (tertiary/aromatic N) is 3. The van der Waals surface area contributed by atoms with Crippen LogP contribution in [0, 0.1) is 0 Å². The summed E-state index contributed by atoms with van der Waals surface area (Å²) in [5.41, 5.74) is 4.02. The number of benzene rings is 8. The van der Waals surface area contributed by atoms with E-state index in [1.54, 1.807) is 6.20 Å². The number of fused-ring (bicyclic) bond motifs is 1. The second-order valence-electron chi connectivity index (χ2n) is 14.6. The van der Waals surface area contributed by atoms with Gasteiger partial charge in [0.05, 0.1) is 11.0 Å². The molecule has 0 atom stereocenters. The van der Waals surface area contributed by atoms with E-state index < -0.39 is 23.1 Å². The summed E-state index contributed by atoms with van der Waals surface area (Å²) in [6, 6.07) is 84.9. The average Bonchev–Trinajstić information content (AvgIpc) is 3.74. The summed E-state index contributed by atoms with van der Waals surface area (Å²) >= 11 is 0. The second-order valence-corrected chi connectivity index (χ2v) is 19.5. The van der Waals surface area contributed by atoms with Gasteiger partial charge in [-0.1, -0.05) is 133 Å². The van der Waals surface area contributed by atoms with E-state index in [1.165, 1.54) is 31.8 Å². The van der Waals surface area contributed by atoms with Crippen LogP contribution in [0.1, 0.15) is 0 Å². The first-order valence-electron chi connectivity index (χ1n) is 21.0. The fourth-order valence-electron chi connectivity index (χ4n) is 7.55. The van der Waals surface area contributed by atoms with Gasteiger partial charge in [-0.25, -0.2) is 4.98 Å². The smallest absolute Gasteiger partial charge is 0.449 e. The van der Waals surface area contributed by atoms with Crippen LogP contribution in [0.4, 0.5) is 17.3 Å². The van der Waals surface area contributed by atoms with Crippen molar-refractivity contribution in [3.63, 3.8) is 0 Å². The van der Waals surface area contributed by atoms with E-state index in [-0.39, 0.29) is 17.1 Å². The summed E-state index contributed by atoms with van der Waals surface area (Å²) in [5, 5.41) is 7.88. The number of halogens is 4. The minimum Gasteiger partial charge on any atom is -0.449 e. The van der Waals surface area contributed by atoms with Gasteiger partial charge in [-0.15, -0.1) is 0 Å². The minimum absolute atomic E-state index is 0. The predicted molar refractivity (Wildman–Crippen MR) is 268 cm³/mol. The molecule has 0 saturated heterocycles. The van der Waals surface area contributed by atoms with Gasteiger partial charge in [-0.3, -0.25) is 9.55 Å². The zero-order valence-corrected chi connectivity index (χ0v) is 38.3. The molecule has 0 radical (unpaired) electrons. The molecule has 0 aliphatic carbocycles. The minimum atomic E-state index is -6.00. The summed E-state index contributed by atoms with van der Waals surface area (Å²) in [6.45, 7) is 0. The fraction of sp³-hybridized carbons (Fsp3) is 0. The Balaban J connectivity index is 0.000000201. The molecule has 8 aromatic carbocycles. The van der Waals surface area contributed by atoms with Crippen molar-refractivity contribution in [2.24, 2.45) is 0 Å². The van der Waals surface area contributed by atoms with Crippen molar-refractivity contribution in [3.8, 4) is 28.7 Å². The van der Waals surface area contributed by atoms with E-state index in [1.807, 2.05) is 54.6 Å². The van der Waals surface area contributed by atoms with Gasteiger partial charge in [0.2, 0.25) is 0 Å². The number of aromatic nitrogens is 3. The maximum atomic E-state index is 9.75. The summed E-state index contributed by atoms with van der Waals surface area (Å²) in [5.74, 6) is 2.71. The Morgan fingerprint density at radius 2 is 0.773 bits per heavy atom. The SMILES string of the molecule is F[B-](F)(F)F.[Cu+].c1ccc(-n2c(-c3ccccn3)nc3ccccc32)cc1.c1ccc([PH+](c2ccccc2)c2ccccc2Oc2ccccc2[PH+](c2ccccc2)c2ccccc2)cc1. The van der Waals surface area contributed by atoms with Gasteiger partial charge >= 0.3 is 24.3 Å². The first kappa shape index (κ1) is 47.3. The summed E-state index contributed by atoms with van der Waals surface area (Å²) in [7, 11) is -8.56. The number of pyridine rings is 1. The van der Waals surface area contributed by atoms with Crippen molar-refractivity contribution in [2.75, 3.05) is 0 Å². The number of imidazole rings is 1. The number of ether oxygens (including phenoxy) is 1. The maximum absolute atomic E-state index is 9.75. The van der Waals surface area contributed by atoms with E-state index in [0.29, 0.717) is 0 Å². The molecular formula is C54H43BCuF4N3OP2+2. The van der Waals surface area contributed by atoms with Crippen molar-refractivity contribution in [3.05, 3.63) is 249 Å². The van der Waals surface area contributed by atoms with Gasteiger partial charge < -0.3 is 22.0 Å². The monoisotopic (exact) mass is 961 g/mol. The van der Waals surface area contributed by atoms with Crippen molar-refractivity contribution < 1.29 is 39.1 Å². The Kier molecular flexibility index (Phi) is 16.5. The average molecular weight is 962 g/mol. The molecule has 10 aromatic rings. The van der Waals surface area contributed by atoms with Crippen LogP contribution < -0.4 is 36.6 Å². The topological polar surface area (TPSA) is 39.9 Å². The predicted octanol–water partition coefficient (Wildman–Crippen LogP) is 11.8. The Hall–Kier alpha value is -6.66. The Labute approximate surface area is 395 Å². The molecule has 10 rings (SSSR count). The molecule has 330 valence electrons. The van der Waals surface area contributed by atoms with Crippen LogP contribution in [0.5, 0.6) is 11.5 Å². The standard InChI is InChI=1S/C36H28OP2.C18H13N3.BF4.Cu/c1-5-17-29(18-6-1)38(30-19-7-2-8-20-30)35-27-15-13-25-33(35)37-34-26-14-16-28-36(34)39(31-21-9-3-10-22-31)32-23-11-4-12-24-32;1-2-8-14(9-3-1)21-17-12-5-4-10-15(17)20-18(21)16-11-6-7-13-19-16;2-1(3,4)5;/h1-28H;1-13H;;/q;;-1;+1/p+2. The summed E-state index contributed by atoms with van der Waals surface area (Å²) in [6.07, 6.45) is 1.80. The van der Waals surface area contributed by atoms with Crippen LogP contribution in [0.25, 0.3) is 28.2 Å². The zero-order valence-electron chi connectivity index (χ0n) is 35.3. The molecule has 4 nitrogen and oxygen atoms in total. The molecule has 0 N–H and O–H groups in total. The van der Waals surface area contributed by atoms with E-state index in [2.05, 4.69) is 198 Å². The summed E-state index contributed by atoms with van der Waals surface area (Å²) < 4.78 is 48.1. The molecule has 12 heteroatoms. The molecular weight excluding hydrogens is 919 g/mol. The third-order valence-electron chi connectivity index (χ3n) is 10.3. The molecule has 0 bridgehead atoms. The molecule has 0 fully saturated rings. The van der Waals surface area contributed by atoms with Crippen LogP contribution in [0.3, 0.4) is 0 Å².